The van der Waals surface area contributed by atoms with E-state index >= 15 is 0 Å². The van der Waals surface area contributed by atoms with Crippen molar-refractivity contribution in [3.05, 3.63) is 131 Å². The van der Waals surface area contributed by atoms with Gasteiger partial charge in [0, 0.05) is 32.8 Å². The molecule has 4 aromatic carbocycles. The van der Waals surface area contributed by atoms with Crippen molar-refractivity contribution in [3.63, 3.8) is 0 Å². The number of nitro groups is 1. The maximum atomic E-state index is 13.8. The number of anilines is 1. The maximum Gasteiger partial charge on any atom is 0.271 e. The zero-order valence-electron chi connectivity index (χ0n) is 22.3. The molecule has 0 N–H and O–H groups in total. The van der Waals surface area contributed by atoms with Crippen LogP contribution >= 0.6 is 46.6 Å². The number of halogens is 3. The molecule has 212 valence electrons. The van der Waals surface area contributed by atoms with E-state index in [-0.39, 0.29) is 18.2 Å². The minimum absolute atomic E-state index is 0.00256. The number of nitro benzene ring substituents is 1. The minimum atomic E-state index is -0.455. The molecule has 1 saturated heterocycles. The van der Waals surface area contributed by atoms with Crippen LogP contribution in [-0.4, -0.2) is 16.0 Å². The largest absolute Gasteiger partial charge is 0.488 e. The van der Waals surface area contributed by atoms with Gasteiger partial charge in [0.1, 0.15) is 12.4 Å². The van der Waals surface area contributed by atoms with E-state index in [1.165, 1.54) is 28.8 Å². The normalized spacial score (nSPS) is 15.1. The Morgan fingerprint density at radius 3 is 2.29 bits per heavy atom. The maximum absolute atomic E-state index is 13.8. The summed E-state index contributed by atoms with van der Waals surface area (Å²) in [5.74, 6) is 0.192. The Bertz CT molecular complexity index is 1770. The van der Waals surface area contributed by atoms with E-state index in [1.807, 2.05) is 38.1 Å². The number of hydrogen-bond acceptors (Lipinski definition) is 6. The lowest BCUT2D eigenvalue weighted by Crippen LogP contribution is -2.28. The van der Waals surface area contributed by atoms with Gasteiger partial charge in [-0.25, -0.2) is 4.99 Å². The molecule has 0 aliphatic carbocycles. The molecule has 5 rings (SSSR count). The Morgan fingerprint density at radius 1 is 0.929 bits per heavy atom. The number of carbonyl (C=O) groups excluding carboxylic acids is 1. The van der Waals surface area contributed by atoms with Gasteiger partial charge in [-0.2, -0.15) is 0 Å². The minimum Gasteiger partial charge on any atom is -0.488 e. The number of rotatable bonds is 7. The van der Waals surface area contributed by atoms with Crippen molar-refractivity contribution in [3.8, 4) is 5.75 Å². The number of carbonyl (C=O) groups is 1. The number of ether oxygens (including phenoxy) is 1. The summed E-state index contributed by atoms with van der Waals surface area (Å²) in [7, 11) is 0. The highest BCUT2D eigenvalue weighted by Gasteiger charge is 2.35. The number of nitrogens with zero attached hydrogens (tertiary/aromatic N) is 3. The summed E-state index contributed by atoms with van der Waals surface area (Å²) in [5.41, 5.74) is 4.30. The summed E-state index contributed by atoms with van der Waals surface area (Å²) in [4.78, 5) is 31.0. The molecule has 0 bridgehead atoms. The third-order valence-corrected chi connectivity index (χ3v) is 8.42. The zero-order chi connectivity index (χ0) is 30.0. The third kappa shape index (κ3) is 6.63. The molecular formula is C31H22Cl3N3O4S. The molecular weight excluding hydrogens is 617 g/mol. The summed E-state index contributed by atoms with van der Waals surface area (Å²) < 4.78 is 6.04. The van der Waals surface area contributed by atoms with Crippen LogP contribution in [0.2, 0.25) is 15.1 Å². The van der Waals surface area contributed by atoms with E-state index in [0.29, 0.717) is 47.8 Å². The molecule has 7 nitrogen and oxygen atoms in total. The monoisotopic (exact) mass is 637 g/mol. The van der Waals surface area contributed by atoms with Crippen LogP contribution in [-0.2, 0) is 11.4 Å². The molecule has 42 heavy (non-hydrogen) atoms. The first-order chi connectivity index (χ1) is 20.1. The Labute approximate surface area is 261 Å². The van der Waals surface area contributed by atoms with Crippen LogP contribution in [0.3, 0.4) is 0 Å². The van der Waals surface area contributed by atoms with Crippen molar-refractivity contribution in [1.82, 2.24) is 0 Å². The summed E-state index contributed by atoms with van der Waals surface area (Å²) in [6.07, 6.45) is 1.71. The van der Waals surface area contributed by atoms with Crippen LogP contribution in [0.4, 0.5) is 17.1 Å². The van der Waals surface area contributed by atoms with Gasteiger partial charge < -0.3 is 4.74 Å². The smallest absolute Gasteiger partial charge is 0.271 e. The molecule has 0 saturated carbocycles. The van der Waals surface area contributed by atoms with E-state index in [0.717, 1.165) is 16.7 Å². The molecule has 0 unspecified atom stereocenters. The second-order valence-corrected chi connectivity index (χ2v) is 11.7. The lowest BCUT2D eigenvalue weighted by Gasteiger charge is -2.16. The summed E-state index contributed by atoms with van der Waals surface area (Å²) in [6, 6.07) is 22.1. The summed E-state index contributed by atoms with van der Waals surface area (Å²) in [5, 5.41) is 13.0. The van der Waals surface area contributed by atoms with Gasteiger partial charge in [-0.3, -0.25) is 19.8 Å². The van der Waals surface area contributed by atoms with E-state index < -0.39 is 4.92 Å². The number of amides is 1. The molecule has 0 aromatic heterocycles. The van der Waals surface area contributed by atoms with E-state index in [1.54, 1.807) is 48.5 Å². The van der Waals surface area contributed by atoms with E-state index in [2.05, 4.69) is 0 Å². The van der Waals surface area contributed by atoms with Crippen molar-refractivity contribution in [1.29, 1.82) is 0 Å². The molecule has 1 aliphatic rings. The number of benzene rings is 4. The van der Waals surface area contributed by atoms with Crippen molar-refractivity contribution >= 4 is 80.8 Å². The molecule has 11 heteroatoms. The van der Waals surface area contributed by atoms with Crippen molar-refractivity contribution in [2.45, 2.75) is 20.5 Å². The molecule has 1 aliphatic heterocycles. The number of thioether (sulfide) groups is 1. The SMILES string of the molecule is Cc1ccc(N=C2S/C(=C/c3cc(Cl)ccc3OCc3ccc([N+](=O)[O-])cc3)C(=O)N2c2ccc(C)c(Cl)c2)cc1Cl. The van der Waals surface area contributed by atoms with Gasteiger partial charge in [0.05, 0.1) is 21.2 Å². The Balaban J connectivity index is 1.50. The van der Waals surface area contributed by atoms with Gasteiger partial charge >= 0.3 is 0 Å². The first kappa shape index (κ1) is 29.7. The van der Waals surface area contributed by atoms with Gasteiger partial charge in [-0.15, -0.1) is 0 Å². The first-order valence-corrected chi connectivity index (χ1v) is 14.5. The number of aliphatic imine (C=N–C) groups is 1. The Hall–Kier alpha value is -3.82. The van der Waals surface area contributed by atoms with Crippen molar-refractivity contribution in [2.24, 2.45) is 4.99 Å². The molecule has 0 spiro atoms. The second kappa shape index (κ2) is 12.6. The van der Waals surface area contributed by atoms with Gasteiger partial charge in [0.25, 0.3) is 11.6 Å². The average molecular weight is 639 g/mol. The number of non-ortho nitro benzene ring substituents is 1. The third-order valence-electron chi connectivity index (χ3n) is 6.40. The summed E-state index contributed by atoms with van der Waals surface area (Å²) >= 11 is 20.3. The molecule has 1 heterocycles. The predicted molar refractivity (Wildman–Crippen MR) is 171 cm³/mol. The number of aryl methyl sites for hydroxylation is 2. The highest BCUT2D eigenvalue weighted by molar-refractivity contribution is 8.19. The Morgan fingerprint density at radius 2 is 1.62 bits per heavy atom. The highest BCUT2D eigenvalue weighted by Crippen LogP contribution is 2.40. The average Bonchev–Trinajstić information content (AvgIpc) is 3.26. The topological polar surface area (TPSA) is 85.0 Å². The number of amidine groups is 1. The predicted octanol–water partition coefficient (Wildman–Crippen LogP) is 9.56. The van der Waals surface area contributed by atoms with Crippen LogP contribution in [0.15, 0.2) is 88.8 Å². The van der Waals surface area contributed by atoms with E-state index in [9.17, 15) is 14.9 Å². The van der Waals surface area contributed by atoms with Gasteiger partial charge in [-0.05, 0) is 103 Å². The second-order valence-electron chi connectivity index (χ2n) is 9.41. The quantitative estimate of drug-likeness (QED) is 0.114. The van der Waals surface area contributed by atoms with Gasteiger partial charge in [0.15, 0.2) is 5.17 Å². The van der Waals surface area contributed by atoms with Crippen LogP contribution in [0.5, 0.6) is 5.75 Å². The van der Waals surface area contributed by atoms with Gasteiger partial charge in [-0.1, -0.05) is 46.9 Å². The lowest BCUT2D eigenvalue weighted by molar-refractivity contribution is -0.384. The first-order valence-electron chi connectivity index (χ1n) is 12.6. The lowest BCUT2D eigenvalue weighted by atomic mass is 10.1. The molecule has 0 atom stereocenters. The fourth-order valence-electron chi connectivity index (χ4n) is 4.04. The number of hydrogen-bond donors (Lipinski definition) is 0. The van der Waals surface area contributed by atoms with Crippen LogP contribution in [0.25, 0.3) is 6.08 Å². The standard InChI is InChI=1S/C31H22Cl3N3O4S/c1-18-3-8-23(15-26(18)33)35-31-36(25-9-4-19(2)27(34)16-25)30(38)29(42-31)14-21-13-22(32)7-12-28(21)41-17-20-5-10-24(11-6-20)37(39)40/h3-16H,17H2,1-2H3/b29-14+,35-31?. The Kier molecular flexibility index (Phi) is 8.89. The van der Waals surface area contributed by atoms with Crippen LogP contribution in [0, 0.1) is 24.0 Å². The summed E-state index contributed by atoms with van der Waals surface area (Å²) in [6.45, 7) is 3.95. The van der Waals surface area contributed by atoms with Crippen molar-refractivity contribution in [2.75, 3.05) is 4.90 Å². The van der Waals surface area contributed by atoms with Crippen LogP contribution in [0.1, 0.15) is 22.3 Å². The van der Waals surface area contributed by atoms with E-state index in [4.69, 9.17) is 44.5 Å². The fourth-order valence-corrected chi connectivity index (χ4v) is 5.56. The fraction of sp³-hybridized carbons (Fsp3) is 0.0968. The van der Waals surface area contributed by atoms with Crippen molar-refractivity contribution < 1.29 is 14.5 Å². The molecule has 0 radical (unpaired) electrons. The molecule has 4 aromatic rings. The van der Waals surface area contributed by atoms with Crippen LogP contribution < -0.4 is 9.64 Å². The highest BCUT2D eigenvalue weighted by atomic mass is 35.5. The molecule has 1 amide bonds. The van der Waals surface area contributed by atoms with Gasteiger partial charge in [0.2, 0.25) is 0 Å². The molecule has 1 fully saturated rings. The zero-order valence-corrected chi connectivity index (χ0v) is 25.4.